The van der Waals surface area contributed by atoms with Crippen LogP contribution in [0, 0.1) is 6.92 Å². The minimum atomic E-state index is 0.837. The van der Waals surface area contributed by atoms with Crippen LogP contribution < -0.4 is 5.73 Å². The van der Waals surface area contributed by atoms with Gasteiger partial charge in [-0.25, -0.2) is 0 Å². The average molecular weight is 234 g/mol. The van der Waals surface area contributed by atoms with Crippen molar-refractivity contribution >= 4 is 16.5 Å². The Morgan fingerprint density at radius 2 is 1.67 bits per heavy atom. The van der Waals surface area contributed by atoms with E-state index in [1.165, 1.54) is 16.5 Å². The highest BCUT2D eigenvalue weighted by atomic mass is 14.6. The van der Waals surface area contributed by atoms with E-state index >= 15 is 0 Å². The van der Waals surface area contributed by atoms with Crippen molar-refractivity contribution in [2.75, 3.05) is 5.73 Å². The zero-order valence-corrected chi connectivity index (χ0v) is 10.2. The van der Waals surface area contributed by atoms with E-state index in [2.05, 4.69) is 35.3 Å². The van der Waals surface area contributed by atoms with Gasteiger partial charge in [0.1, 0.15) is 0 Å². The van der Waals surface area contributed by atoms with Crippen LogP contribution in [-0.4, -0.2) is 4.98 Å². The van der Waals surface area contributed by atoms with Gasteiger partial charge in [-0.05, 0) is 53.3 Å². The molecule has 2 aromatic carbocycles. The van der Waals surface area contributed by atoms with Crippen LogP contribution in [0.25, 0.3) is 21.9 Å². The Kier molecular flexibility index (Phi) is 2.49. The Bertz CT molecular complexity index is 717. The molecule has 0 spiro atoms. The fourth-order valence-electron chi connectivity index (χ4n) is 2.12. The highest BCUT2D eigenvalue weighted by molar-refractivity contribution is 5.86. The van der Waals surface area contributed by atoms with Crippen LogP contribution in [0.1, 0.15) is 5.56 Å². The van der Waals surface area contributed by atoms with Crippen molar-refractivity contribution in [3.05, 3.63) is 60.4 Å². The van der Waals surface area contributed by atoms with E-state index < -0.39 is 0 Å². The maximum Gasteiger partial charge on any atom is 0.0346 e. The number of pyridine rings is 1. The fraction of sp³-hybridized carbons (Fsp3) is 0.0625. The first-order chi connectivity index (χ1) is 8.74. The minimum absolute atomic E-state index is 0.837. The molecule has 3 rings (SSSR count). The van der Waals surface area contributed by atoms with Gasteiger partial charge < -0.3 is 5.73 Å². The Balaban J connectivity index is 2.16. The number of hydrogen-bond donors (Lipinski definition) is 1. The number of nitrogen functional groups attached to an aromatic ring is 1. The summed E-state index contributed by atoms with van der Waals surface area (Å²) in [5.41, 5.74) is 10.2. The number of anilines is 1. The lowest BCUT2D eigenvalue weighted by Crippen LogP contribution is -1.89. The number of hydrogen-bond acceptors (Lipinski definition) is 2. The molecule has 0 fully saturated rings. The summed E-state index contributed by atoms with van der Waals surface area (Å²) in [5, 5.41) is 2.37. The molecule has 1 heterocycles. The van der Waals surface area contributed by atoms with Crippen LogP contribution in [0.2, 0.25) is 0 Å². The normalized spacial score (nSPS) is 10.7. The molecule has 18 heavy (non-hydrogen) atoms. The Morgan fingerprint density at radius 3 is 2.50 bits per heavy atom. The van der Waals surface area contributed by atoms with Crippen LogP contribution in [0.3, 0.4) is 0 Å². The van der Waals surface area contributed by atoms with Crippen molar-refractivity contribution in [3.8, 4) is 11.1 Å². The molecule has 2 nitrogen and oxygen atoms in total. The molecule has 3 aromatic rings. The molecule has 0 aliphatic carbocycles. The van der Waals surface area contributed by atoms with Crippen LogP contribution in [-0.2, 0) is 0 Å². The minimum Gasteiger partial charge on any atom is -0.399 e. The summed E-state index contributed by atoms with van der Waals surface area (Å²) in [7, 11) is 0. The third kappa shape index (κ3) is 1.82. The molecule has 0 amide bonds. The first-order valence-corrected chi connectivity index (χ1v) is 5.94. The molecule has 0 unspecified atom stereocenters. The van der Waals surface area contributed by atoms with E-state index in [1.807, 2.05) is 31.5 Å². The lowest BCUT2D eigenvalue weighted by atomic mass is 10.0. The third-order valence-corrected chi connectivity index (χ3v) is 3.24. The largest absolute Gasteiger partial charge is 0.399 e. The second-order valence-electron chi connectivity index (χ2n) is 4.51. The van der Waals surface area contributed by atoms with E-state index in [9.17, 15) is 0 Å². The van der Waals surface area contributed by atoms with Gasteiger partial charge in [0.2, 0.25) is 0 Å². The summed E-state index contributed by atoms with van der Waals surface area (Å²) >= 11 is 0. The van der Waals surface area contributed by atoms with Crippen molar-refractivity contribution in [2.24, 2.45) is 0 Å². The number of rotatable bonds is 1. The topological polar surface area (TPSA) is 38.9 Å². The molecule has 2 heteroatoms. The zero-order chi connectivity index (χ0) is 12.5. The molecule has 0 atom stereocenters. The number of fused-ring (bicyclic) bond motifs is 1. The lowest BCUT2D eigenvalue weighted by Gasteiger charge is -2.06. The Hall–Kier alpha value is -2.35. The smallest absolute Gasteiger partial charge is 0.0346 e. The van der Waals surface area contributed by atoms with Gasteiger partial charge in [0.05, 0.1) is 0 Å². The summed E-state index contributed by atoms with van der Waals surface area (Å²) < 4.78 is 0. The Morgan fingerprint density at radius 1 is 0.889 bits per heavy atom. The zero-order valence-electron chi connectivity index (χ0n) is 10.2. The number of benzene rings is 2. The van der Waals surface area contributed by atoms with E-state index in [0.29, 0.717) is 0 Å². The fourth-order valence-corrected chi connectivity index (χ4v) is 2.12. The monoisotopic (exact) mass is 234 g/mol. The molecule has 0 radical (unpaired) electrons. The van der Waals surface area contributed by atoms with Gasteiger partial charge >= 0.3 is 0 Å². The molecule has 0 aliphatic rings. The quantitative estimate of drug-likeness (QED) is 0.650. The van der Waals surface area contributed by atoms with Gasteiger partial charge in [0.25, 0.3) is 0 Å². The first kappa shape index (κ1) is 10.8. The molecule has 0 saturated heterocycles. The van der Waals surface area contributed by atoms with Crippen molar-refractivity contribution in [1.29, 1.82) is 0 Å². The van der Waals surface area contributed by atoms with Gasteiger partial charge in [0, 0.05) is 23.5 Å². The predicted molar refractivity (Wildman–Crippen MR) is 76.3 cm³/mol. The van der Waals surface area contributed by atoms with Gasteiger partial charge in [-0.15, -0.1) is 0 Å². The second kappa shape index (κ2) is 4.15. The molecule has 0 aliphatic heterocycles. The summed E-state index contributed by atoms with van der Waals surface area (Å²) in [5.74, 6) is 0. The van der Waals surface area contributed by atoms with Gasteiger partial charge in [-0.1, -0.05) is 18.2 Å². The third-order valence-electron chi connectivity index (χ3n) is 3.24. The lowest BCUT2D eigenvalue weighted by molar-refractivity contribution is 1.36. The van der Waals surface area contributed by atoms with E-state index in [1.54, 1.807) is 0 Å². The highest BCUT2D eigenvalue weighted by Gasteiger charge is 2.01. The average Bonchev–Trinajstić information content (AvgIpc) is 2.41. The van der Waals surface area contributed by atoms with E-state index in [4.69, 9.17) is 5.73 Å². The SMILES string of the molecule is Cc1cc(-c2ccc3cnccc3c2)ccc1N. The summed E-state index contributed by atoms with van der Waals surface area (Å²) in [4.78, 5) is 4.12. The number of aryl methyl sites for hydroxylation is 1. The standard InChI is InChI=1S/C16H14N2/c1-11-8-12(4-5-16(11)17)13-2-3-15-10-18-7-6-14(15)9-13/h2-10H,17H2,1H3. The summed E-state index contributed by atoms with van der Waals surface area (Å²) in [6, 6.07) is 14.6. The maximum absolute atomic E-state index is 5.85. The van der Waals surface area contributed by atoms with Gasteiger partial charge in [-0.2, -0.15) is 0 Å². The predicted octanol–water partition coefficient (Wildman–Crippen LogP) is 3.79. The molecule has 1 aromatic heterocycles. The Labute approximate surface area is 106 Å². The van der Waals surface area contributed by atoms with E-state index in [0.717, 1.165) is 16.6 Å². The van der Waals surface area contributed by atoms with Gasteiger partial charge in [-0.3, -0.25) is 4.98 Å². The first-order valence-electron chi connectivity index (χ1n) is 5.94. The number of aromatic nitrogens is 1. The van der Waals surface area contributed by atoms with Crippen LogP contribution in [0.5, 0.6) is 0 Å². The summed E-state index contributed by atoms with van der Waals surface area (Å²) in [6.07, 6.45) is 3.70. The summed E-state index contributed by atoms with van der Waals surface area (Å²) in [6.45, 7) is 2.03. The highest BCUT2D eigenvalue weighted by Crippen LogP contribution is 2.26. The number of nitrogens with zero attached hydrogens (tertiary/aromatic N) is 1. The van der Waals surface area contributed by atoms with Crippen molar-refractivity contribution in [1.82, 2.24) is 4.98 Å². The van der Waals surface area contributed by atoms with Crippen LogP contribution >= 0.6 is 0 Å². The molecule has 88 valence electrons. The van der Waals surface area contributed by atoms with Crippen molar-refractivity contribution in [3.63, 3.8) is 0 Å². The van der Waals surface area contributed by atoms with Crippen molar-refractivity contribution < 1.29 is 0 Å². The van der Waals surface area contributed by atoms with Gasteiger partial charge in [0.15, 0.2) is 0 Å². The second-order valence-corrected chi connectivity index (χ2v) is 4.51. The number of nitrogens with two attached hydrogens (primary N) is 1. The van der Waals surface area contributed by atoms with Crippen LogP contribution in [0.15, 0.2) is 54.9 Å². The van der Waals surface area contributed by atoms with Crippen LogP contribution in [0.4, 0.5) is 5.69 Å². The van der Waals surface area contributed by atoms with Crippen molar-refractivity contribution in [2.45, 2.75) is 6.92 Å². The molecular formula is C16H14N2. The van der Waals surface area contributed by atoms with E-state index in [-0.39, 0.29) is 0 Å². The molecule has 0 bridgehead atoms. The molecule has 2 N–H and O–H groups in total. The molecular weight excluding hydrogens is 220 g/mol. The maximum atomic E-state index is 5.85. The molecule has 0 saturated carbocycles.